The van der Waals surface area contributed by atoms with Crippen molar-refractivity contribution < 1.29 is 0 Å². The first-order valence-electron chi connectivity index (χ1n) is 7.70. The first-order valence-corrected chi connectivity index (χ1v) is 7.70. The second-order valence-corrected chi connectivity index (χ2v) is 6.04. The maximum Gasteiger partial charge on any atom is 0.0573 e. The van der Waals surface area contributed by atoms with Crippen LogP contribution in [0.3, 0.4) is 0 Å². The third kappa shape index (κ3) is 3.15. The number of rotatable bonds is 2. The molecule has 1 atom stereocenters. The highest BCUT2D eigenvalue weighted by atomic mass is 15.2. The molecule has 2 aliphatic rings. The highest BCUT2D eigenvalue weighted by molar-refractivity contribution is 5.17. The minimum absolute atomic E-state index is 0.792. The van der Waals surface area contributed by atoms with Crippen LogP contribution in [0.4, 0.5) is 0 Å². The third-order valence-corrected chi connectivity index (χ3v) is 4.63. The molecule has 0 aliphatic carbocycles. The van der Waals surface area contributed by atoms with Crippen LogP contribution in [0.15, 0.2) is 18.3 Å². The molecule has 19 heavy (non-hydrogen) atoms. The zero-order valence-electron chi connectivity index (χ0n) is 12.0. The van der Waals surface area contributed by atoms with Gasteiger partial charge in [-0.25, -0.2) is 0 Å². The normalized spacial score (nSPS) is 25.8. The minimum atomic E-state index is 0.792. The number of hydrogen-bond donors (Lipinski definition) is 0. The first-order chi connectivity index (χ1) is 9.33. The largest absolute Gasteiger partial charge is 0.299 e. The zero-order chi connectivity index (χ0) is 13.1. The Balaban J connectivity index is 1.66. The van der Waals surface area contributed by atoms with Crippen molar-refractivity contribution in [3.8, 4) is 0 Å². The van der Waals surface area contributed by atoms with Crippen LogP contribution in [0.1, 0.15) is 36.9 Å². The molecule has 1 unspecified atom stereocenters. The summed E-state index contributed by atoms with van der Waals surface area (Å²) in [5.74, 6) is 0. The molecule has 0 bridgehead atoms. The van der Waals surface area contributed by atoms with Gasteiger partial charge in [-0.2, -0.15) is 0 Å². The molecule has 2 aliphatic heterocycles. The molecule has 2 fully saturated rings. The number of nitrogens with zero attached hydrogens (tertiary/aromatic N) is 3. The fourth-order valence-electron chi connectivity index (χ4n) is 3.49. The molecule has 0 spiro atoms. The van der Waals surface area contributed by atoms with Gasteiger partial charge in [0.1, 0.15) is 0 Å². The van der Waals surface area contributed by atoms with Crippen LogP contribution in [0.2, 0.25) is 0 Å². The molecule has 1 aromatic rings. The quantitative estimate of drug-likeness (QED) is 0.813. The van der Waals surface area contributed by atoms with Crippen molar-refractivity contribution >= 4 is 0 Å². The van der Waals surface area contributed by atoms with E-state index < -0.39 is 0 Å². The van der Waals surface area contributed by atoms with Crippen molar-refractivity contribution in [3.05, 3.63) is 29.6 Å². The van der Waals surface area contributed by atoms with Gasteiger partial charge in [0.05, 0.1) is 5.69 Å². The van der Waals surface area contributed by atoms with Gasteiger partial charge in [-0.1, -0.05) is 12.5 Å². The number of hydrogen-bond acceptors (Lipinski definition) is 3. The topological polar surface area (TPSA) is 19.4 Å². The van der Waals surface area contributed by atoms with Crippen LogP contribution in [0.25, 0.3) is 0 Å². The van der Waals surface area contributed by atoms with Crippen molar-refractivity contribution in [2.75, 3.05) is 26.2 Å². The Morgan fingerprint density at radius 2 is 2.11 bits per heavy atom. The summed E-state index contributed by atoms with van der Waals surface area (Å²) in [6, 6.07) is 5.00. The van der Waals surface area contributed by atoms with Gasteiger partial charge >= 0.3 is 0 Å². The molecule has 3 heteroatoms. The van der Waals surface area contributed by atoms with Gasteiger partial charge in [-0.05, 0) is 57.5 Å². The number of pyridine rings is 1. The van der Waals surface area contributed by atoms with Gasteiger partial charge in [-0.3, -0.25) is 14.8 Å². The van der Waals surface area contributed by atoms with E-state index in [4.69, 9.17) is 0 Å². The number of fused-ring (bicyclic) bond motifs is 1. The highest BCUT2D eigenvalue weighted by Gasteiger charge is 2.27. The van der Waals surface area contributed by atoms with Crippen LogP contribution < -0.4 is 0 Å². The SMILES string of the molecule is Cc1cccnc1CN1CCCN2CCCCC2C1. The van der Waals surface area contributed by atoms with Gasteiger partial charge in [0.15, 0.2) is 0 Å². The van der Waals surface area contributed by atoms with Gasteiger partial charge in [0.25, 0.3) is 0 Å². The van der Waals surface area contributed by atoms with E-state index in [1.54, 1.807) is 0 Å². The van der Waals surface area contributed by atoms with Gasteiger partial charge in [-0.15, -0.1) is 0 Å². The Labute approximate surface area is 116 Å². The Hall–Kier alpha value is -0.930. The molecule has 0 radical (unpaired) electrons. The smallest absolute Gasteiger partial charge is 0.0573 e. The number of aryl methyl sites for hydroxylation is 1. The van der Waals surface area contributed by atoms with E-state index in [1.165, 1.54) is 63.1 Å². The fourth-order valence-corrected chi connectivity index (χ4v) is 3.49. The van der Waals surface area contributed by atoms with Crippen LogP contribution in [-0.2, 0) is 6.54 Å². The summed E-state index contributed by atoms with van der Waals surface area (Å²) in [5, 5.41) is 0. The van der Waals surface area contributed by atoms with Crippen LogP contribution >= 0.6 is 0 Å². The van der Waals surface area contributed by atoms with Crippen molar-refractivity contribution in [1.82, 2.24) is 14.8 Å². The summed E-state index contributed by atoms with van der Waals surface area (Å²) in [6.07, 6.45) is 7.43. The van der Waals surface area contributed by atoms with Crippen LogP contribution in [0, 0.1) is 6.92 Å². The lowest BCUT2D eigenvalue weighted by atomic mass is 10.0. The van der Waals surface area contributed by atoms with Crippen molar-refractivity contribution in [2.24, 2.45) is 0 Å². The molecule has 104 valence electrons. The Morgan fingerprint density at radius 3 is 3.00 bits per heavy atom. The zero-order valence-corrected chi connectivity index (χ0v) is 12.0. The molecule has 1 aromatic heterocycles. The molecule has 0 aromatic carbocycles. The predicted octanol–water partition coefficient (Wildman–Crippen LogP) is 2.45. The number of piperidine rings is 1. The number of aromatic nitrogens is 1. The Kier molecular flexibility index (Phi) is 4.14. The lowest BCUT2D eigenvalue weighted by Gasteiger charge is -2.35. The van der Waals surface area contributed by atoms with Crippen LogP contribution in [-0.4, -0.2) is 47.0 Å². The third-order valence-electron chi connectivity index (χ3n) is 4.63. The van der Waals surface area contributed by atoms with E-state index in [-0.39, 0.29) is 0 Å². The molecule has 3 nitrogen and oxygen atoms in total. The second-order valence-electron chi connectivity index (χ2n) is 6.04. The van der Waals surface area contributed by atoms with E-state index in [0.717, 1.165) is 12.6 Å². The monoisotopic (exact) mass is 259 g/mol. The summed E-state index contributed by atoms with van der Waals surface area (Å²) < 4.78 is 0. The standard InChI is InChI=1S/C16H25N3/c1-14-6-4-8-17-16(14)13-18-9-5-11-19-10-3-2-7-15(19)12-18/h4,6,8,15H,2-3,5,7,9-13H2,1H3. The summed E-state index contributed by atoms with van der Waals surface area (Å²) in [5.41, 5.74) is 2.58. The fraction of sp³-hybridized carbons (Fsp3) is 0.688. The van der Waals surface area contributed by atoms with E-state index >= 15 is 0 Å². The van der Waals surface area contributed by atoms with Gasteiger partial charge in [0, 0.05) is 25.3 Å². The Morgan fingerprint density at radius 1 is 1.21 bits per heavy atom. The summed E-state index contributed by atoms with van der Waals surface area (Å²) in [4.78, 5) is 9.89. The van der Waals surface area contributed by atoms with Gasteiger partial charge < -0.3 is 0 Å². The van der Waals surface area contributed by atoms with Gasteiger partial charge in [0.2, 0.25) is 0 Å². The summed E-state index contributed by atoms with van der Waals surface area (Å²) in [7, 11) is 0. The van der Waals surface area contributed by atoms with E-state index in [0.29, 0.717) is 0 Å². The van der Waals surface area contributed by atoms with E-state index in [9.17, 15) is 0 Å². The molecule has 3 heterocycles. The Bertz CT molecular complexity index is 418. The molecule has 0 amide bonds. The predicted molar refractivity (Wildman–Crippen MR) is 78.1 cm³/mol. The molecule has 0 saturated carbocycles. The minimum Gasteiger partial charge on any atom is -0.299 e. The average Bonchev–Trinajstić information content (AvgIpc) is 2.63. The summed E-state index contributed by atoms with van der Waals surface area (Å²) >= 11 is 0. The summed E-state index contributed by atoms with van der Waals surface area (Å²) in [6.45, 7) is 8.27. The molecule has 0 N–H and O–H groups in total. The van der Waals surface area contributed by atoms with Crippen molar-refractivity contribution in [1.29, 1.82) is 0 Å². The van der Waals surface area contributed by atoms with E-state index in [2.05, 4.69) is 27.8 Å². The van der Waals surface area contributed by atoms with E-state index in [1.807, 2.05) is 12.3 Å². The molecular weight excluding hydrogens is 234 g/mol. The molecule has 2 saturated heterocycles. The maximum absolute atomic E-state index is 4.55. The first kappa shape index (κ1) is 13.1. The maximum atomic E-state index is 4.55. The second kappa shape index (κ2) is 6.02. The lowest BCUT2D eigenvalue weighted by molar-refractivity contribution is 0.134. The van der Waals surface area contributed by atoms with Crippen LogP contribution in [0.5, 0.6) is 0 Å². The van der Waals surface area contributed by atoms with Crippen molar-refractivity contribution in [3.63, 3.8) is 0 Å². The molecule has 3 rings (SSSR count). The van der Waals surface area contributed by atoms with Crippen molar-refractivity contribution in [2.45, 2.75) is 45.2 Å². The average molecular weight is 259 g/mol. The molecular formula is C16H25N3. The highest BCUT2D eigenvalue weighted by Crippen LogP contribution is 2.22. The lowest BCUT2D eigenvalue weighted by Crippen LogP contribution is -2.43.